The first-order valence-corrected chi connectivity index (χ1v) is 12.7. The smallest absolute Gasteiger partial charge is 0.170 e. The Morgan fingerprint density at radius 2 is 1.40 bits per heavy atom. The predicted molar refractivity (Wildman–Crippen MR) is 131 cm³/mol. The summed E-state index contributed by atoms with van der Waals surface area (Å²) >= 11 is 3.45. The maximum atomic E-state index is 13.1. The summed E-state index contributed by atoms with van der Waals surface area (Å²) in [6.45, 7) is 2.27. The Morgan fingerprint density at radius 3 is 1.93 bits per heavy atom. The van der Waals surface area contributed by atoms with Crippen molar-refractivity contribution in [3.8, 4) is 0 Å². The fourth-order valence-electron chi connectivity index (χ4n) is 4.04. The Morgan fingerprint density at radius 1 is 0.833 bits per heavy atom. The van der Waals surface area contributed by atoms with Crippen molar-refractivity contribution in [2.24, 2.45) is 0 Å². The number of hydrogen-bond acceptors (Lipinski definition) is 2. The number of nitrogens with zero attached hydrogens (tertiary/aromatic N) is 1. The molecular formula is C27H38BrNO. The molecule has 1 aromatic heterocycles. The van der Waals surface area contributed by atoms with Gasteiger partial charge < -0.3 is 0 Å². The molecule has 0 saturated carbocycles. The minimum absolute atomic E-state index is 0.0944. The van der Waals surface area contributed by atoms with Gasteiger partial charge in [0.1, 0.15) is 0 Å². The number of unbranched alkanes of at least 4 members (excludes halogenated alkanes) is 11. The third-order valence-electron chi connectivity index (χ3n) is 5.88. The summed E-state index contributed by atoms with van der Waals surface area (Å²) in [6.07, 6.45) is 20.5. The molecule has 2 rings (SSSR count). The summed E-state index contributed by atoms with van der Waals surface area (Å²) in [7, 11) is 0. The lowest BCUT2D eigenvalue weighted by atomic mass is 9.87. The van der Waals surface area contributed by atoms with E-state index in [2.05, 4.69) is 27.8 Å². The first-order chi connectivity index (χ1) is 14.7. The van der Waals surface area contributed by atoms with Gasteiger partial charge in [0, 0.05) is 28.3 Å². The second-order valence-electron chi connectivity index (χ2n) is 8.39. The second-order valence-corrected chi connectivity index (χ2v) is 9.30. The maximum Gasteiger partial charge on any atom is 0.170 e. The second kappa shape index (κ2) is 15.3. The largest absolute Gasteiger partial charge is 0.293 e. The molecule has 2 aromatic rings. The number of rotatable bonds is 16. The minimum Gasteiger partial charge on any atom is -0.293 e. The average molecular weight is 473 g/mol. The number of hydrogen-bond donors (Lipinski definition) is 0. The van der Waals surface area contributed by atoms with Crippen LogP contribution in [-0.4, -0.2) is 10.8 Å². The van der Waals surface area contributed by atoms with Crippen molar-refractivity contribution >= 4 is 21.7 Å². The van der Waals surface area contributed by atoms with E-state index in [0.717, 1.165) is 28.4 Å². The van der Waals surface area contributed by atoms with Crippen LogP contribution < -0.4 is 0 Å². The van der Waals surface area contributed by atoms with Gasteiger partial charge in [-0.25, -0.2) is 0 Å². The molecule has 1 aromatic carbocycles. The number of carbonyl (C=O) groups excluding carboxylic acids is 1. The van der Waals surface area contributed by atoms with Gasteiger partial charge in [-0.15, -0.1) is 0 Å². The maximum absolute atomic E-state index is 13.1. The normalized spacial score (nSPS) is 12.1. The predicted octanol–water partition coefficient (Wildman–Crippen LogP) is 8.90. The molecule has 0 bridgehead atoms. The molecule has 2 nitrogen and oxygen atoms in total. The summed E-state index contributed by atoms with van der Waals surface area (Å²) in [6, 6.07) is 11.7. The Bertz CT molecular complexity index is 699. The third kappa shape index (κ3) is 9.55. The number of benzene rings is 1. The molecule has 0 spiro atoms. The molecule has 30 heavy (non-hydrogen) atoms. The zero-order valence-electron chi connectivity index (χ0n) is 18.6. The van der Waals surface area contributed by atoms with Crippen molar-refractivity contribution in [2.45, 2.75) is 96.3 Å². The molecule has 0 aliphatic carbocycles. The van der Waals surface area contributed by atoms with E-state index >= 15 is 0 Å². The van der Waals surface area contributed by atoms with Gasteiger partial charge >= 0.3 is 0 Å². The number of carbonyl (C=O) groups is 1. The Hall–Kier alpha value is -1.48. The van der Waals surface area contributed by atoms with Crippen LogP contribution in [-0.2, 0) is 0 Å². The monoisotopic (exact) mass is 471 g/mol. The summed E-state index contributed by atoms with van der Waals surface area (Å²) < 4.78 is 0.998. The van der Waals surface area contributed by atoms with E-state index in [1.165, 1.54) is 70.6 Å². The van der Waals surface area contributed by atoms with Crippen molar-refractivity contribution in [1.29, 1.82) is 0 Å². The molecule has 164 valence electrons. The van der Waals surface area contributed by atoms with Crippen molar-refractivity contribution in [3.05, 3.63) is 64.4 Å². The molecule has 0 radical (unpaired) electrons. The summed E-state index contributed by atoms with van der Waals surface area (Å²) in [5, 5.41) is 0. The van der Waals surface area contributed by atoms with E-state index in [9.17, 15) is 4.79 Å². The summed E-state index contributed by atoms with van der Waals surface area (Å²) in [5.74, 6) is 0.113. The van der Waals surface area contributed by atoms with Gasteiger partial charge in [-0.1, -0.05) is 118 Å². The SMILES string of the molecule is CCCCCCCCCCCCCCC(C(=O)c1ccc(Br)cc1)c1cccnc1. The quantitative estimate of drug-likeness (QED) is 0.180. The van der Waals surface area contributed by atoms with Crippen LogP contribution in [0.2, 0.25) is 0 Å². The van der Waals surface area contributed by atoms with Gasteiger partial charge in [0.2, 0.25) is 0 Å². The molecule has 3 heteroatoms. The van der Waals surface area contributed by atoms with E-state index in [1.807, 2.05) is 42.6 Å². The van der Waals surface area contributed by atoms with E-state index in [1.54, 1.807) is 6.20 Å². The van der Waals surface area contributed by atoms with E-state index in [-0.39, 0.29) is 11.7 Å². The summed E-state index contributed by atoms with van der Waals surface area (Å²) in [4.78, 5) is 17.4. The number of Topliss-reactive ketones (excluding diaryl/α,β-unsaturated/α-hetero) is 1. The number of ketones is 1. The lowest BCUT2D eigenvalue weighted by Gasteiger charge is -2.16. The topological polar surface area (TPSA) is 30.0 Å². The zero-order chi connectivity index (χ0) is 21.4. The number of aromatic nitrogens is 1. The van der Waals surface area contributed by atoms with Crippen LogP contribution in [0.1, 0.15) is 112 Å². The van der Waals surface area contributed by atoms with Gasteiger partial charge in [0.15, 0.2) is 5.78 Å². The standard InChI is InChI=1S/C27H38BrNO/c1-2-3-4-5-6-7-8-9-10-11-12-13-16-26(24-15-14-21-29-22-24)27(30)23-17-19-25(28)20-18-23/h14-15,17-22,26H,2-13,16H2,1H3. The van der Waals surface area contributed by atoms with Crippen LogP contribution in [0.25, 0.3) is 0 Å². The first-order valence-electron chi connectivity index (χ1n) is 11.9. The van der Waals surface area contributed by atoms with Crippen LogP contribution in [0, 0.1) is 0 Å². The highest BCUT2D eigenvalue weighted by atomic mass is 79.9. The molecule has 1 unspecified atom stereocenters. The molecule has 1 atom stereocenters. The van der Waals surface area contributed by atoms with Gasteiger partial charge in [-0.2, -0.15) is 0 Å². The fraction of sp³-hybridized carbons (Fsp3) is 0.556. The molecule has 0 N–H and O–H groups in total. The lowest BCUT2D eigenvalue weighted by molar-refractivity contribution is 0.0953. The third-order valence-corrected chi connectivity index (χ3v) is 6.41. The molecule has 0 saturated heterocycles. The van der Waals surface area contributed by atoms with Crippen LogP contribution in [0.4, 0.5) is 0 Å². The highest BCUT2D eigenvalue weighted by Gasteiger charge is 2.21. The number of pyridine rings is 1. The van der Waals surface area contributed by atoms with Crippen molar-refractivity contribution in [3.63, 3.8) is 0 Å². The molecule has 0 fully saturated rings. The highest BCUT2D eigenvalue weighted by Crippen LogP contribution is 2.27. The Balaban J connectivity index is 1.70. The van der Waals surface area contributed by atoms with Crippen LogP contribution >= 0.6 is 15.9 Å². The first kappa shape index (κ1) is 24.8. The van der Waals surface area contributed by atoms with Crippen LogP contribution in [0.3, 0.4) is 0 Å². The zero-order valence-corrected chi connectivity index (χ0v) is 20.2. The van der Waals surface area contributed by atoms with Crippen molar-refractivity contribution in [2.75, 3.05) is 0 Å². The lowest BCUT2D eigenvalue weighted by Crippen LogP contribution is -2.13. The highest BCUT2D eigenvalue weighted by molar-refractivity contribution is 9.10. The van der Waals surface area contributed by atoms with Gasteiger partial charge in [-0.3, -0.25) is 9.78 Å². The summed E-state index contributed by atoms with van der Waals surface area (Å²) in [5.41, 5.74) is 1.82. The molecule has 0 aliphatic heterocycles. The van der Waals surface area contributed by atoms with Crippen LogP contribution in [0.15, 0.2) is 53.3 Å². The van der Waals surface area contributed by atoms with E-state index in [4.69, 9.17) is 0 Å². The molecule has 0 amide bonds. The van der Waals surface area contributed by atoms with E-state index < -0.39 is 0 Å². The van der Waals surface area contributed by atoms with Crippen molar-refractivity contribution < 1.29 is 4.79 Å². The number of halogens is 1. The van der Waals surface area contributed by atoms with Gasteiger partial charge in [0.25, 0.3) is 0 Å². The Kier molecular flexibility index (Phi) is 12.7. The molecule has 0 aliphatic rings. The van der Waals surface area contributed by atoms with Gasteiger partial charge in [0.05, 0.1) is 0 Å². The van der Waals surface area contributed by atoms with Crippen molar-refractivity contribution in [1.82, 2.24) is 4.98 Å². The Labute approximate surface area is 192 Å². The van der Waals surface area contributed by atoms with Gasteiger partial charge in [-0.05, 0) is 30.2 Å². The molecular weight excluding hydrogens is 434 g/mol. The van der Waals surface area contributed by atoms with Crippen LogP contribution in [0.5, 0.6) is 0 Å². The fourth-order valence-corrected chi connectivity index (χ4v) is 4.30. The molecule has 1 heterocycles. The van der Waals surface area contributed by atoms with E-state index in [0.29, 0.717) is 0 Å². The average Bonchev–Trinajstić information content (AvgIpc) is 2.78. The minimum atomic E-state index is -0.0944.